The normalized spacial score (nSPS) is 13.2. The Hall–Kier alpha value is -2.05. The lowest BCUT2D eigenvalue weighted by atomic mass is 9.91. The number of amides is 2. The smallest absolute Gasteiger partial charge is 0.266 e. The highest BCUT2D eigenvalue weighted by Gasteiger charge is 2.36. The van der Waals surface area contributed by atoms with Gasteiger partial charge in [0.05, 0.1) is 7.11 Å². The number of benzene rings is 1. The minimum atomic E-state index is -1.38. The van der Waals surface area contributed by atoms with E-state index in [0.29, 0.717) is 21.2 Å². The molecule has 0 unspecified atom stereocenters. The third-order valence-corrected chi connectivity index (χ3v) is 4.44. The molecule has 0 saturated heterocycles. The maximum atomic E-state index is 12.4. The molecular weight excluding hydrogens is 324 g/mol. The van der Waals surface area contributed by atoms with Crippen LogP contribution < -0.4 is 15.8 Å². The van der Waals surface area contributed by atoms with E-state index in [-0.39, 0.29) is 0 Å². The molecule has 3 N–H and O–H groups in total. The standard InChI is InChI=1S/C15H15ClN2O3S/c1-15(14(17)20,9-4-3-5-10(16)8-9)18-13(19)12-11(21-2)6-7-22-12/h3-8H,1-2H3,(H2,17,20)(H,18,19)/t15-/m0/s1. The molecule has 22 heavy (non-hydrogen) atoms. The Bertz CT molecular complexity index is 716. The van der Waals surface area contributed by atoms with Gasteiger partial charge in [0.15, 0.2) is 0 Å². The van der Waals surface area contributed by atoms with Gasteiger partial charge in [-0.15, -0.1) is 11.3 Å². The van der Waals surface area contributed by atoms with E-state index in [1.165, 1.54) is 18.4 Å². The molecular formula is C15H15ClN2O3S. The van der Waals surface area contributed by atoms with Gasteiger partial charge in [0.1, 0.15) is 16.2 Å². The molecule has 0 aliphatic carbocycles. The Labute approximate surface area is 137 Å². The molecule has 0 aliphatic heterocycles. The van der Waals surface area contributed by atoms with Crippen molar-refractivity contribution < 1.29 is 14.3 Å². The summed E-state index contributed by atoms with van der Waals surface area (Å²) < 4.78 is 5.12. The summed E-state index contributed by atoms with van der Waals surface area (Å²) in [6.07, 6.45) is 0. The van der Waals surface area contributed by atoms with Gasteiger partial charge in [-0.25, -0.2) is 0 Å². The van der Waals surface area contributed by atoms with Crippen LogP contribution in [0, 0.1) is 0 Å². The van der Waals surface area contributed by atoms with E-state index in [0.717, 1.165) is 0 Å². The lowest BCUT2D eigenvalue weighted by molar-refractivity contribution is -0.123. The number of primary amides is 1. The molecule has 0 radical (unpaired) electrons. The van der Waals surface area contributed by atoms with Gasteiger partial charge in [-0.05, 0) is 36.1 Å². The molecule has 1 aromatic carbocycles. The summed E-state index contributed by atoms with van der Waals surface area (Å²) in [7, 11) is 1.48. The molecule has 1 atom stereocenters. The van der Waals surface area contributed by atoms with Crippen LogP contribution in [0.25, 0.3) is 0 Å². The molecule has 2 aromatic rings. The molecule has 2 amide bonds. The van der Waals surface area contributed by atoms with Crippen LogP contribution >= 0.6 is 22.9 Å². The van der Waals surface area contributed by atoms with Crippen molar-refractivity contribution in [3.63, 3.8) is 0 Å². The summed E-state index contributed by atoms with van der Waals surface area (Å²) in [6, 6.07) is 8.33. The van der Waals surface area contributed by atoms with Crippen LogP contribution in [0.5, 0.6) is 5.75 Å². The van der Waals surface area contributed by atoms with E-state index in [1.54, 1.807) is 42.6 Å². The molecule has 116 valence electrons. The lowest BCUT2D eigenvalue weighted by Gasteiger charge is -2.28. The van der Waals surface area contributed by atoms with E-state index in [2.05, 4.69) is 5.32 Å². The van der Waals surface area contributed by atoms with Crippen LogP contribution in [-0.2, 0) is 10.3 Å². The Morgan fingerprint density at radius 1 is 1.36 bits per heavy atom. The van der Waals surface area contributed by atoms with Gasteiger partial charge in [-0.2, -0.15) is 0 Å². The van der Waals surface area contributed by atoms with Crippen molar-refractivity contribution in [3.8, 4) is 5.75 Å². The summed E-state index contributed by atoms with van der Waals surface area (Å²) in [4.78, 5) is 24.7. The van der Waals surface area contributed by atoms with Crippen LogP contribution in [0.2, 0.25) is 5.02 Å². The fourth-order valence-corrected chi connectivity index (χ4v) is 2.93. The average molecular weight is 339 g/mol. The van der Waals surface area contributed by atoms with E-state index < -0.39 is 17.4 Å². The lowest BCUT2D eigenvalue weighted by Crippen LogP contribution is -2.52. The molecule has 0 spiro atoms. The van der Waals surface area contributed by atoms with Crippen molar-refractivity contribution >= 4 is 34.8 Å². The highest BCUT2D eigenvalue weighted by Crippen LogP contribution is 2.28. The molecule has 7 heteroatoms. The molecule has 0 saturated carbocycles. The van der Waals surface area contributed by atoms with Crippen molar-refractivity contribution in [1.82, 2.24) is 5.32 Å². The number of thiophene rings is 1. The molecule has 0 fully saturated rings. The predicted molar refractivity (Wildman–Crippen MR) is 86.3 cm³/mol. The maximum absolute atomic E-state index is 12.4. The van der Waals surface area contributed by atoms with Gasteiger partial charge < -0.3 is 15.8 Å². The SMILES string of the molecule is COc1ccsc1C(=O)N[C@](C)(C(N)=O)c1cccc(Cl)c1. The Kier molecular flexibility index (Phi) is 4.73. The highest BCUT2D eigenvalue weighted by atomic mass is 35.5. The number of hydrogen-bond acceptors (Lipinski definition) is 4. The van der Waals surface area contributed by atoms with Gasteiger partial charge in [-0.1, -0.05) is 23.7 Å². The zero-order valence-electron chi connectivity index (χ0n) is 12.1. The Morgan fingerprint density at radius 2 is 2.09 bits per heavy atom. The minimum absolute atomic E-state index is 0.372. The minimum Gasteiger partial charge on any atom is -0.495 e. The molecule has 0 aliphatic rings. The molecule has 1 aromatic heterocycles. The van der Waals surface area contributed by atoms with Crippen LogP contribution in [0.3, 0.4) is 0 Å². The van der Waals surface area contributed by atoms with Crippen molar-refractivity contribution in [2.75, 3.05) is 7.11 Å². The van der Waals surface area contributed by atoms with Crippen molar-refractivity contribution in [1.29, 1.82) is 0 Å². The largest absolute Gasteiger partial charge is 0.495 e. The summed E-state index contributed by atoms with van der Waals surface area (Å²) in [5.74, 6) is -0.674. The number of nitrogens with two attached hydrogens (primary N) is 1. The highest BCUT2D eigenvalue weighted by molar-refractivity contribution is 7.12. The van der Waals surface area contributed by atoms with E-state index in [4.69, 9.17) is 22.1 Å². The first-order chi connectivity index (χ1) is 10.4. The third-order valence-electron chi connectivity index (χ3n) is 3.31. The second kappa shape index (κ2) is 6.37. The molecule has 1 heterocycles. The number of ether oxygens (including phenoxy) is 1. The first-order valence-corrected chi connectivity index (χ1v) is 7.64. The van der Waals surface area contributed by atoms with Gasteiger partial charge in [0, 0.05) is 5.02 Å². The van der Waals surface area contributed by atoms with E-state index in [9.17, 15) is 9.59 Å². The topological polar surface area (TPSA) is 81.4 Å². The maximum Gasteiger partial charge on any atom is 0.266 e. The first-order valence-electron chi connectivity index (χ1n) is 6.38. The second-order valence-electron chi connectivity index (χ2n) is 4.77. The summed E-state index contributed by atoms with van der Waals surface area (Å²) >= 11 is 7.17. The summed E-state index contributed by atoms with van der Waals surface area (Å²) in [5.41, 5.74) is 4.63. The first kappa shape index (κ1) is 16.3. The summed E-state index contributed by atoms with van der Waals surface area (Å²) in [5, 5.41) is 4.85. The quantitative estimate of drug-likeness (QED) is 0.879. The van der Waals surface area contributed by atoms with Gasteiger partial charge >= 0.3 is 0 Å². The number of carbonyl (C=O) groups excluding carboxylic acids is 2. The van der Waals surface area contributed by atoms with Crippen LogP contribution in [0.4, 0.5) is 0 Å². The number of nitrogens with one attached hydrogen (secondary N) is 1. The monoisotopic (exact) mass is 338 g/mol. The molecule has 2 rings (SSSR count). The van der Waals surface area contributed by atoms with Crippen LogP contribution in [0.15, 0.2) is 35.7 Å². The van der Waals surface area contributed by atoms with E-state index >= 15 is 0 Å². The van der Waals surface area contributed by atoms with E-state index in [1.807, 2.05) is 0 Å². The predicted octanol–water partition coefficient (Wildman–Crippen LogP) is 2.54. The van der Waals surface area contributed by atoms with Gasteiger partial charge in [-0.3, -0.25) is 9.59 Å². The fourth-order valence-electron chi connectivity index (χ4n) is 1.98. The number of rotatable bonds is 5. The average Bonchev–Trinajstić information content (AvgIpc) is 2.95. The molecule has 5 nitrogen and oxygen atoms in total. The zero-order chi connectivity index (χ0) is 16.3. The van der Waals surface area contributed by atoms with Crippen LogP contribution in [-0.4, -0.2) is 18.9 Å². The number of halogens is 1. The number of carbonyl (C=O) groups is 2. The van der Waals surface area contributed by atoms with Crippen LogP contribution in [0.1, 0.15) is 22.2 Å². The van der Waals surface area contributed by atoms with Gasteiger partial charge in [0.2, 0.25) is 5.91 Å². The number of methoxy groups -OCH3 is 1. The Morgan fingerprint density at radius 3 is 2.68 bits per heavy atom. The zero-order valence-corrected chi connectivity index (χ0v) is 13.6. The van der Waals surface area contributed by atoms with Gasteiger partial charge in [0.25, 0.3) is 5.91 Å². The van der Waals surface area contributed by atoms with Crippen molar-refractivity contribution in [3.05, 3.63) is 51.2 Å². The number of hydrogen-bond donors (Lipinski definition) is 2. The third kappa shape index (κ3) is 3.08. The van der Waals surface area contributed by atoms with Crippen molar-refractivity contribution in [2.45, 2.75) is 12.5 Å². The molecule has 0 bridgehead atoms. The summed E-state index contributed by atoms with van der Waals surface area (Å²) in [6.45, 7) is 1.54. The second-order valence-corrected chi connectivity index (χ2v) is 6.12. The van der Waals surface area contributed by atoms with Crippen molar-refractivity contribution in [2.24, 2.45) is 5.73 Å². The fraction of sp³-hybridized carbons (Fsp3) is 0.200. The Balaban J connectivity index is 2.37.